The second kappa shape index (κ2) is 8.66. The van der Waals surface area contributed by atoms with E-state index >= 15 is 0 Å². The summed E-state index contributed by atoms with van der Waals surface area (Å²) in [4.78, 5) is 43.4. The van der Waals surface area contributed by atoms with E-state index in [1.165, 1.54) is 0 Å². The first kappa shape index (κ1) is 20.4. The number of carbonyl (C=O) groups excluding carboxylic acids is 2. The van der Waals surface area contributed by atoms with E-state index in [-0.39, 0.29) is 22.9 Å². The third-order valence-electron chi connectivity index (χ3n) is 3.31. The van der Waals surface area contributed by atoms with Crippen LogP contribution in [-0.4, -0.2) is 44.2 Å². The highest BCUT2D eigenvalue weighted by molar-refractivity contribution is 5.87. The average Bonchev–Trinajstić information content (AvgIpc) is 2.67. The summed E-state index contributed by atoms with van der Waals surface area (Å²) in [6.45, 7) is 0. The normalized spacial score (nSPS) is 12.5. The second-order valence-corrected chi connectivity index (χ2v) is 5.23. The van der Waals surface area contributed by atoms with Crippen molar-refractivity contribution in [3.8, 4) is 11.5 Å². The Morgan fingerprint density at radius 3 is 1.25 bits per heavy atom. The van der Waals surface area contributed by atoms with Gasteiger partial charge in [0, 0.05) is 24.3 Å². The minimum atomic E-state index is -2.30. The predicted molar refractivity (Wildman–Crippen MR) is 89.5 cm³/mol. The van der Waals surface area contributed by atoms with Gasteiger partial charge in [-0.2, -0.15) is 0 Å². The fourth-order valence-corrected chi connectivity index (χ4v) is 1.88. The topological polar surface area (TPSA) is 179 Å². The van der Waals surface area contributed by atoms with Gasteiger partial charge in [-0.1, -0.05) is 0 Å². The molecular weight excluding hydrogens is 380 g/mol. The summed E-state index contributed by atoms with van der Waals surface area (Å²) < 4.78 is 9.44. The third kappa shape index (κ3) is 5.06. The molecule has 0 saturated heterocycles. The maximum absolute atomic E-state index is 11.8. The van der Waals surface area contributed by atoms with Gasteiger partial charge in [-0.15, -0.1) is 0 Å². The smallest absolute Gasteiger partial charge is 0.343 e. The molecule has 0 aliphatic rings. The Morgan fingerprint density at radius 1 is 0.714 bits per heavy atom. The third-order valence-corrected chi connectivity index (χ3v) is 3.31. The molecule has 2 aromatic carbocycles. The minimum absolute atomic E-state index is 0.161. The van der Waals surface area contributed by atoms with Crippen LogP contribution in [0.25, 0.3) is 0 Å². The molecule has 0 spiro atoms. The van der Waals surface area contributed by atoms with Gasteiger partial charge in [-0.05, 0) is 24.3 Å². The number of nitrogens with zero attached hydrogens (tertiary/aromatic N) is 2. The molecule has 0 aromatic heterocycles. The van der Waals surface area contributed by atoms with Crippen LogP contribution in [0.5, 0.6) is 11.5 Å². The summed E-state index contributed by atoms with van der Waals surface area (Å²) in [5.74, 6) is -3.12. The molecule has 2 aromatic rings. The molecule has 0 heterocycles. The van der Waals surface area contributed by atoms with E-state index < -0.39 is 34.0 Å². The van der Waals surface area contributed by atoms with E-state index in [1.54, 1.807) is 0 Å². The van der Waals surface area contributed by atoms with Crippen LogP contribution in [0.3, 0.4) is 0 Å². The number of hydrogen-bond donors (Lipinski definition) is 2. The van der Waals surface area contributed by atoms with Gasteiger partial charge < -0.3 is 19.7 Å². The Morgan fingerprint density at radius 2 is 1.00 bits per heavy atom. The lowest BCUT2D eigenvalue weighted by Gasteiger charge is -2.15. The van der Waals surface area contributed by atoms with Gasteiger partial charge in [-0.25, -0.2) is 9.59 Å². The number of rotatable bonds is 7. The van der Waals surface area contributed by atoms with Crippen LogP contribution < -0.4 is 9.47 Å². The number of carbonyl (C=O) groups is 2. The number of aliphatic hydroxyl groups is 2. The van der Waals surface area contributed by atoms with Gasteiger partial charge in [0.1, 0.15) is 11.5 Å². The molecule has 0 amide bonds. The largest absolute Gasteiger partial charge is 0.425 e. The molecule has 2 N–H and O–H groups in total. The number of esters is 2. The highest BCUT2D eigenvalue weighted by Gasteiger charge is 2.33. The molecule has 146 valence electrons. The monoisotopic (exact) mass is 392 g/mol. The lowest BCUT2D eigenvalue weighted by molar-refractivity contribution is -0.385. The summed E-state index contributed by atoms with van der Waals surface area (Å²) in [5, 5.41) is 40.6. The van der Waals surface area contributed by atoms with Crippen molar-refractivity contribution in [1.29, 1.82) is 0 Å². The average molecular weight is 392 g/mol. The molecule has 12 heteroatoms. The molecule has 0 aliphatic carbocycles. The van der Waals surface area contributed by atoms with Gasteiger partial charge in [0.2, 0.25) is 0 Å². The van der Waals surface area contributed by atoms with E-state index in [9.17, 15) is 40.0 Å². The zero-order valence-electron chi connectivity index (χ0n) is 13.8. The Hall–Kier alpha value is -3.90. The quantitative estimate of drug-likeness (QED) is 0.295. The number of hydrogen-bond acceptors (Lipinski definition) is 10. The molecule has 28 heavy (non-hydrogen) atoms. The lowest BCUT2D eigenvalue weighted by atomic mass is 10.2. The first-order chi connectivity index (χ1) is 13.2. The standard InChI is InChI=1S/C16H12N2O10/c19-13(15(21)27-11-5-1-9(2-6-11)17(23)24)14(20)16(22)28-12-7-3-10(4-8-12)18(25)26/h1-8,13-14,19-20H/t13-,14-/m1/s1. The predicted octanol–water partition coefficient (Wildman–Crippen LogP) is 0.736. The highest BCUT2D eigenvalue weighted by Crippen LogP contribution is 2.19. The van der Waals surface area contributed by atoms with Gasteiger partial charge in [0.05, 0.1) is 9.85 Å². The van der Waals surface area contributed by atoms with Gasteiger partial charge >= 0.3 is 11.9 Å². The van der Waals surface area contributed by atoms with Crippen molar-refractivity contribution in [3.63, 3.8) is 0 Å². The van der Waals surface area contributed by atoms with E-state index in [2.05, 4.69) is 0 Å². The van der Waals surface area contributed by atoms with Crippen LogP contribution in [0.2, 0.25) is 0 Å². The molecule has 0 unspecified atom stereocenters. The molecule has 2 atom stereocenters. The summed E-state index contributed by atoms with van der Waals surface area (Å²) in [6, 6.07) is 8.55. The number of nitro benzene ring substituents is 2. The number of nitro groups is 2. The van der Waals surface area contributed by atoms with Gasteiger partial charge in [0.15, 0.2) is 12.2 Å². The molecule has 0 radical (unpaired) electrons. The summed E-state index contributed by atoms with van der Waals surface area (Å²) in [5.41, 5.74) is -0.515. The maximum Gasteiger partial charge on any atom is 0.343 e. The van der Waals surface area contributed by atoms with Crippen LogP contribution in [-0.2, 0) is 9.59 Å². The zero-order valence-corrected chi connectivity index (χ0v) is 13.8. The van der Waals surface area contributed by atoms with Crippen molar-refractivity contribution in [1.82, 2.24) is 0 Å². The molecule has 0 fully saturated rings. The van der Waals surface area contributed by atoms with Crippen molar-refractivity contribution < 1.29 is 39.1 Å². The van der Waals surface area contributed by atoms with Crippen LogP contribution >= 0.6 is 0 Å². The van der Waals surface area contributed by atoms with Crippen LogP contribution in [0.15, 0.2) is 48.5 Å². The molecular formula is C16H12N2O10. The molecule has 12 nitrogen and oxygen atoms in total. The SMILES string of the molecule is O=C(Oc1ccc([N+](=O)[O-])cc1)[C@H](O)[C@@H](O)C(=O)Oc1ccc([N+](=O)[O-])cc1. The van der Waals surface area contributed by atoms with Gasteiger partial charge in [0.25, 0.3) is 11.4 Å². The lowest BCUT2D eigenvalue weighted by Crippen LogP contribution is -2.43. The molecule has 2 rings (SSSR count). The summed E-state index contributed by atoms with van der Waals surface area (Å²) >= 11 is 0. The molecule has 0 bridgehead atoms. The van der Waals surface area contributed by atoms with Crippen LogP contribution in [0.1, 0.15) is 0 Å². The Labute approximate surface area is 155 Å². The fourth-order valence-electron chi connectivity index (χ4n) is 1.88. The Bertz CT molecular complexity index is 819. The summed E-state index contributed by atoms with van der Waals surface area (Å²) in [7, 11) is 0. The highest BCUT2D eigenvalue weighted by atomic mass is 16.6. The zero-order chi connectivity index (χ0) is 20.8. The Kier molecular flexibility index (Phi) is 6.31. The van der Waals surface area contributed by atoms with Crippen molar-refractivity contribution in [2.45, 2.75) is 12.2 Å². The summed E-state index contributed by atoms with van der Waals surface area (Å²) in [6.07, 6.45) is -4.61. The fraction of sp³-hybridized carbons (Fsp3) is 0.125. The van der Waals surface area contributed by atoms with Crippen molar-refractivity contribution in [2.75, 3.05) is 0 Å². The van der Waals surface area contributed by atoms with Crippen LogP contribution in [0, 0.1) is 20.2 Å². The molecule has 0 aliphatic heterocycles. The van der Waals surface area contributed by atoms with Crippen molar-refractivity contribution in [2.24, 2.45) is 0 Å². The van der Waals surface area contributed by atoms with Crippen molar-refractivity contribution in [3.05, 3.63) is 68.8 Å². The number of benzene rings is 2. The van der Waals surface area contributed by atoms with Crippen molar-refractivity contribution >= 4 is 23.3 Å². The number of ether oxygens (including phenoxy) is 2. The number of non-ortho nitro benzene ring substituents is 2. The first-order valence-corrected chi connectivity index (χ1v) is 7.47. The van der Waals surface area contributed by atoms with E-state index in [1.807, 2.05) is 0 Å². The van der Waals surface area contributed by atoms with Gasteiger partial charge in [-0.3, -0.25) is 20.2 Å². The van der Waals surface area contributed by atoms with E-state index in [0.717, 1.165) is 48.5 Å². The maximum atomic E-state index is 11.8. The number of aliphatic hydroxyl groups excluding tert-OH is 2. The minimum Gasteiger partial charge on any atom is -0.425 e. The molecule has 0 saturated carbocycles. The first-order valence-electron chi connectivity index (χ1n) is 7.47. The second-order valence-electron chi connectivity index (χ2n) is 5.23. The Balaban J connectivity index is 1.96. The van der Waals surface area contributed by atoms with E-state index in [4.69, 9.17) is 9.47 Å². The van der Waals surface area contributed by atoms with Crippen LogP contribution in [0.4, 0.5) is 11.4 Å². The van der Waals surface area contributed by atoms with E-state index in [0.29, 0.717) is 0 Å².